The summed E-state index contributed by atoms with van der Waals surface area (Å²) >= 11 is 0. The zero-order chi connectivity index (χ0) is 13.4. The van der Waals surface area contributed by atoms with E-state index in [1.165, 1.54) is 19.3 Å². The van der Waals surface area contributed by atoms with E-state index in [1.54, 1.807) is 20.1 Å². The van der Waals surface area contributed by atoms with E-state index in [0.29, 0.717) is 17.2 Å². The van der Waals surface area contributed by atoms with Crippen molar-refractivity contribution in [2.45, 2.75) is 38.7 Å². The number of hydrogen-bond donors (Lipinski definition) is 0. The van der Waals surface area contributed by atoms with Gasteiger partial charge in [-0.05, 0) is 56.6 Å². The van der Waals surface area contributed by atoms with E-state index in [0.717, 1.165) is 18.1 Å². The van der Waals surface area contributed by atoms with Gasteiger partial charge in [-0.1, -0.05) is 0 Å². The summed E-state index contributed by atoms with van der Waals surface area (Å²) in [6, 6.07) is 5.44. The van der Waals surface area contributed by atoms with Gasteiger partial charge in [0, 0.05) is 6.07 Å². The third-order valence-electron chi connectivity index (χ3n) is 4.52. The fraction of sp³-hybridized carbons (Fsp3) is 0.562. The molecule has 3 atom stereocenters. The molecule has 3 nitrogen and oxygen atoms in total. The van der Waals surface area contributed by atoms with Gasteiger partial charge >= 0.3 is 0 Å². The Labute approximate surface area is 113 Å². The molecule has 2 saturated carbocycles. The molecule has 3 heteroatoms. The van der Waals surface area contributed by atoms with Gasteiger partial charge in [-0.2, -0.15) is 0 Å². The minimum Gasteiger partial charge on any atom is -0.497 e. The van der Waals surface area contributed by atoms with Crippen LogP contribution in [0.15, 0.2) is 18.2 Å². The summed E-state index contributed by atoms with van der Waals surface area (Å²) in [6.45, 7) is 1.58. The Balaban J connectivity index is 1.84. The van der Waals surface area contributed by atoms with Crippen LogP contribution in [-0.4, -0.2) is 19.0 Å². The van der Waals surface area contributed by atoms with Crippen molar-refractivity contribution in [2.75, 3.05) is 7.11 Å². The molecule has 0 amide bonds. The van der Waals surface area contributed by atoms with Gasteiger partial charge in [0.15, 0.2) is 5.78 Å². The molecule has 3 rings (SSSR count). The normalized spacial score (nSPS) is 28.4. The highest BCUT2D eigenvalue weighted by Crippen LogP contribution is 2.46. The molecule has 0 heterocycles. The number of carbonyl (C=O) groups excluding carboxylic acids is 1. The standard InChI is InChI=1S/C16H20O3/c1-10(17)14-6-5-13(18-2)9-16(14)19-15-8-11-3-4-12(15)7-11/h5-6,9,11-12,15H,3-4,7-8H2,1-2H3. The first-order valence-electron chi connectivity index (χ1n) is 7.03. The molecule has 3 unspecified atom stereocenters. The van der Waals surface area contributed by atoms with E-state index in [1.807, 2.05) is 12.1 Å². The highest BCUT2D eigenvalue weighted by molar-refractivity contribution is 5.97. The van der Waals surface area contributed by atoms with Crippen molar-refractivity contribution in [3.05, 3.63) is 23.8 Å². The van der Waals surface area contributed by atoms with Crippen molar-refractivity contribution < 1.29 is 14.3 Å². The van der Waals surface area contributed by atoms with Crippen molar-refractivity contribution in [3.63, 3.8) is 0 Å². The van der Waals surface area contributed by atoms with E-state index in [-0.39, 0.29) is 11.9 Å². The molecule has 2 bridgehead atoms. The molecule has 0 aliphatic heterocycles. The number of carbonyl (C=O) groups is 1. The molecule has 2 fully saturated rings. The third kappa shape index (κ3) is 2.34. The summed E-state index contributed by atoms with van der Waals surface area (Å²) in [7, 11) is 1.63. The van der Waals surface area contributed by atoms with Gasteiger partial charge in [0.05, 0.1) is 12.7 Å². The summed E-state index contributed by atoms with van der Waals surface area (Å²) in [6.07, 6.45) is 5.34. The molecule has 0 spiro atoms. The Kier molecular flexibility index (Phi) is 3.21. The Morgan fingerprint density at radius 2 is 2.11 bits per heavy atom. The van der Waals surface area contributed by atoms with Crippen LogP contribution in [0.25, 0.3) is 0 Å². The SMILES string of the molecule is COc1ccc(C(C)=O)c(OC2CC3CCC2C3)c1. The average Bonchev–Trinajstić information content (AvgIpc) is 3.00. The topological polar surface area (TPSA) is 35.5 Å². The summed E-state index contributed by atoms with van der Waals surface area (Å²) < 4.78 is 11.4. The van der Waals surface area contributed by atoms with Crippen LogP contribution >= 0.6 is 0 Å². The second kappa shape index (κ2) is 4.87. The van der Waals surface area contributed by atoms with E-state index in [2.05, 4.69) is 0 Å². The van der Waals surface area contributed by atoms with E-state index < -0.39 is 0 Å². The number of ketones is 1. The highest BCUT2D eigenvalue weighted by atomic mass is 16.5. The van der Waals surface area contributed by atoms with Gasteiger partial charge in [-0.15, -0.1) is 0 Å². The number of benzene rings is 1. The average molecular weight is 260 g/mol. The maximum absolute atomic E-state index is 11.7. The van der Waals surface area contributed by atoms with Crippen molar-refractivity contribution in [1.29, 1.82) is 0 Å². The number of methoxy groups -OCH3 is 1. The number of fused-ring (bicyclic) bond motifs is 2. The zero-order valence-electron chi connectivity index (χ0n) is 11.5. The Morgan fingerprint density at radius 3 is 2.68 bits per heavy atom. The predicted octanol–water partition coefficient (Wildman–Crippen LogP) is 3.47. The van der Waals surface area contributed by atoms with Crippen molar-refractivity contribution in [2.24, 2.45) is 11.8 Å². The van der Waals surface area contributed by atoms with Crippen LogP contribution in [0.2, 0.25) is 0 Å². The summed E-state index contributed by atoms with van der Waals surface area (Å²) in [5.41, 5.74) is 0.656. The lowest BCUT2D eigenvalue weighted by molar-refractivity contribution is 0.0996. The quantitative estimate of drug-likeness (QED) is 0.778. The lowest BCUT2D eigenvalue weighted by Crippen LogP contribution is -2.24. The monoisotopic (exact) mass is 260 g/mol. The number of rotatable bonds is 4. The Morgan fingerprint density at radius 1 is 1.26 bits per heavy atom. The van der Waals surface area contributed by atoms with Crippen LogP contribution in [0, 0.1) is 11.8 Å². The second-order valence-electron chi connectivity index (χ2n) is 5.75. The minimum atomic E-state index is 0.0424. The fourth-order valence-corrected chi connectivity index (χ4v) is 3.51. The Hall–Kier alpha value is -1.51. The highest BCUT2D eigenvalue weighted by Gasteiger charge is 2.41. The number of hydrogen-bond acceptors (Lipinski definition) is 3. The number of ether oxygens (including phenoxy) is 2. The van der Waals surface area contributed by atoms with Crippen LogP contribution in [0.1, 0.15) is 43.0 Å². The molecule has 0 N–H and O–H groups in total. The van der Waals surface area contributed by atoms with Gasteiger partial charge in [-0.25, -0.2) is 0 Å². The van der Waals surface area contributed by atoms with Crippen LogP contribution < -0.4 is 9.47 Å². The van der Waals surface area contributed by atoms with Gasteiger partial charge in [0.1, 0.15) is 17.6 Å². The van der Waals surface area contributed by atoms with Crippen LogP contribution in [0.4, 0.5) is 0 Å². The van der Waals surface area contributed by atoms with E-state index in [4.69, 9.17) is 9.47 Å². The molecule has 0 saturated heterocycles. The van der Waals surface area contributed by atoms with Gasteiger partial charge in [0.2, 0.25) is 0 Å². The molecule has 1 aromatic carbocycles. The third-order valence-corrected chi connectivity index (χ3v) is 4.52. The number of Topliss-reactive ketones (excluding diaryl/α,β-unsaturated/α-hetero) is 1. The molecule has 0 aromatic heterocycles. The molecule has 102 valence electrons. The van der Waals surface area contributed by atoms with Crippen LogP contribution in [0.5, 0.6) is 11.5 Å². The molecule has 2 aliphatic rings. The molecule has 19 heavy (non-hydrogen) atoms. The van der Waals surface area contributed by atoms with Gasteiger partial charge < -0.3 is 9.47 Å². The zero-order valence-corrected chi connectivity index (χ0v) is 11.5. The molecule has 2 aliphatic carbocycles. The minimum absolute atomic E-state index is 0.0424. The lowest BCUT2D eigenvalue weighted by Gasteiger charge is -2.24. The van der Waals surface area contributed by atoms with Crippen molar-refractivity contribution in [1.82, 2.24) is 0 Å². The molecule has 1 aromatic rings. The van der Waals surface area contributed by atoms with Gasteiger partial charge in [-0.3, -0.25) is 4.79 Å². The molecular weight excluding hydrogens is 240 g/mol. The molecule has 0 radical (unpaired) electrons. The van der Waals surface area contributed by atoms with Crippen LogP contribution in [0.3, 0.4) is 0 Å². The van der Waals surface area contributed by atoms with E-state index >= 15 is 0 Å². The van der Waals surface area contributed by atoms with Crippen molar-refractivity contribution >= 4 is 5.78 Å². The maximum Gasteiger partial charge on any atom is 0.163 e. The summed E-state index contributed by atoms with van der Waals surface area (Å²) in [5.74, 6) is 2.98. The van der Waals surface area contributed by atoms with Crippen molar-refractivity contribution in [3.8, 4) is 11.5 Å². The largest absolute Gasteiger partial charge is 0.497 e. The smallest absolute Gasteiger partial charge is 0.163 e. The van der Waals surface area contributed by atoms with Gasteiger partial charge in [0.25, 0.3) is 0 Å². The predicted molar refractivity (Wildman–Crippen MR) is 72.9 cm³/mol. The lowest BCUT2D eigenvalue weighted by atomic mass is 9.97. The van der Waals surface area contributed by atoms with E-state index in [9.17, 15) is 4.79 Å². The first-order chi connectivity index (χ1) is 9.17. The summed E-state index contributed by atoms with van der Waals surface area (Å²) in [4.78, 5) is 11.7. The first-order valence-corrected chi connectivity index (χ1v) is 7.03. The fourth-order valence-electron chi connectivity index (χ4n) is 3.51. The Bertz CT molecular complexity index is 495. The van der Waals surface area contributed by atoms with Crippen LogP contribution in [-0.2, 0) is 0 Å². The molecular formula is C16H20O3. The second-order valence-corrected chi connectivity index (χ2v) is 5.75. The maximum atomic E-state index is 11.7. The summed E-state index contributed by atoms with van der Waals surface area (Å²) in [5, 5.41) is 0. The first kappa shape index (κ1) is 12.5.